The smallest absolute Gasteiger partial charge is 0.334 e. The zero-order valence-corrected chi connectivity index (χ0v) is 33.3. The number of esters is 1. The van der Waals surface area contributed by atoms with Crippen molar-refractivity contribution in [2.24, 2.45) is 0 Å². The minimum atomic E-state index is -0.220. The maximum absolute atomic E-state index is 11.9. The SMILES string of the molecule is CCCCCCCCCCCC[C@@H](OCOC)C1CCC([C@@H](CC#C/C=C/CCCC/C=C\[C@@H](CCC2=C[C@H](C)OC2=O)OCOC)OCOC)O1. The summed E-state index contributed by atoms with van der Waals surface area (Å²) in [6.45, 7) is 4.87. The summed E-state index contributed by atoms with van der Waals surface area (Å²) in [6, 6.07) is 0. The summed E-state index contributed by atoms with van der Waals surface area (Å²) in [7, 11) is 4.93. The Morgan fingerprint density at radius 2 is 1.37 bits per heavy atom. The standard InChI is InChI=1S/C43H72O9/c1-6-7-8-9-10-11-14-17-20-23-26-39(49-34-46-4)41-30-31-42(52-41)40(50-35-47-5)27-24-21-18-15-12-13-16-19-22-25-38(48-33-45-3)29-28-37-32-36(2)51-43(37)44/h15,18,22,25,32,36,38-42H,6-14,16-17,19-20,23,26-31,33-35H2,1-5H3/b18-15+,25-22-/t36-,38-,39+,40+,41?,42?/m0/s1. The third kappa shape index (κ3) is 21.6. The monoisotopic (exact) mass is 733 g/mol. The zero-order chi connectivity index (χ0) is 37.5. The molecule has 2 aliphatic rings. The highest BCUT2D eigenvalue weighted by Crippen LogP contribution is 2.30. The maximum Gasteiger partial charge on any atom is 0.334 e. The first-order valence-corrected chi connectivity index (χ1v) is 20.2. The number of carbonyl (C=O) groups is 1. The molecular weight excluding hydrogens is 660 g/mol. The lowest BCUT2D eigenvalue weighted by molar-refractivity contribution is -0.156. The van der Waals surface area contributed by atoms with Gasteiger partial charge in [0.25, 0.3) is 0 Å². The van der Waals surface area contributed by atoms with Crippen LogP contribution in [-0.4, -0.2) is 84.3 Å². The molecule has 2 unspecified atom stereocenters. The molecule has 0 aromatic heterocycles. The molecule has 1 saturated heterocycles. The van der Waals surface area contributed by atoms with Crippen molar-refractivity contribution in [3.8, 4) is 11.8 Å². The molecule has 0 radical (unpaired) electrons. The van der Waals surface area contributed by atoms with Crippen LogP contribution in [-0.2, 0) is 42.7 Å². The van der Waals surface area contributed by atoms with E-state index in [-0.39, 0.29) is 63.0 Å². The van der Waals surface area contributed by atoms with E-state index in [1.165, 1.54) is 57.8 Å². The van der Waals surface area contributed by atoms with Crippen LogP contribution < -0.4 is 0 Å². The van der Waals surface area contributed by atoms with Crippen molar-refractivity contribution in [3.63, 3.8) is 0 Å². The summed E-state index contributed by atoms with van der Waals surface area (Å²) in [5, 5.41) is 0. The molecule has 0 bridgehead atoms. The van der Waals surface area contributed by atoms with Gasteiger partial charge in [-0.05, 0) is 76.9 Å². The lowest BCUT2D eigenvalue weighted by Gasteiger charge is -2.26. The van der Waals surface area contributed by atoms with Gasteiger partial charge in [0.1, 0.15) is 26.5 Å². The molecule has 9 heteroatoms. The summed E-state index contributed by atoms with van der Waals surface area (Å²) in [5.74, 6) is 6.25. The van der Waals surface area contributed by atoms with Crippen LogP contribution in [0.1, 0.15) is 142 Å². The van der Waals surface area contributed by atoms with Crippen LogP contribution in [0.2, 0.25) is 0 Å². The Morgan fingerprint density at radius 3 is 2.00 bits per heavy atom. The highest BCUT2D eigenvalue weighted by molar-refractivity contribution is 5.90. The van der Waals surface area contributed by atoms with Gasteiger partial charge in [-0.25, -0.2) is 4.79 Å². The first kappa shape index (κ1) is 46.1. The van der Waals surface area contributed by atoms with Gasteiger partial charge in [-0.3, -0.25) is 0 Å². The van der Waals surface area contributed by atoms with Crippen molar-refractivity contribution in [2.75, 3.05) is 41.7 Å². The molecule has 0 amide bonds. The van der Waals surface area contributed by atoms with Gasteiger partial charge in [0, 0.05) is 33.3 Å². The minimum absolute atomic E-state index is 0.0305. The fourth-order valence-corrected chi connectivity index (χ4v) is 6.69. The van der Waals surface area contributed by atoms with Gasteiger partial charge in [0.05, 0.1) is 30.5 Å². The molecule has 0 N–H and O–H groups in total. The molecule has 2 heterocycles. The van der Waals surface area contributed by atoms with E-state index >= 15 is 0 Å². The Balaban J connectivity index is 1.69. The van der Waals surface area contributed by atoms with Crippen molar-refractivity contribution in [3.05, 3.63) is 36.0 Å². The quantitative estimate of drug-likeness (QED) is 0.0221. The van der Waals surface area contributed by atoms with Crippen LogP contribution in [0.5, 0.6) is 0 Å². The Kier molecular flexibility index (Phi) is 27.8. The van der Waals surface area contributed by atoms with Gasteiger partial charge >= 0.3 is 5.97 Å². The molecule has 2 rings (SSSR count). The summed E-state index contributed by atoms with van der Waals surface area (Å²) in [5.41, 5.74) is 0.729. The molecule has 52 heavy (non-hydrogen) atoms. The first-order valence-electron chi connectivity index (χ1n) is 20.2. The Morgan fingerprint density at radius 1 is 0.769 bits per heavy atom. The Bertz CT molecular complexity index is 1040. The van der Waals surface area contributed by atoms with E-state index in [0.717, 1.165) is 56.9 Å². The molecule has 298 valence electrons. The Labute approximate surface area is 316 Å². The average molecular weight is 733 g/mol. The van der Waals surface area contributed by atoms with Crippen molar-refractivity contribution >= 4 is 5.97 Å². The maximum atomic E-state index is 11.9. The second-order valence-electron chi connectivity index (χ2n) is 14.1. The van der Waals surface area contributed by atoms with Crippen LogP contribution in [0.15, 0.2) is 36.0 Å². The van der Waals surface area contributed by atoms with Gasteiger partial charge in [-0.2, -0.15) is 0 Å². The number of hydrogen-bond donors (Lipinski definition) is 0. The average Bonchev–Trinajstić information content (AvgIpc) is 3.76. The zero-order valence-electron chi connectivity index (χ0n) is 33.3. The molecule has 0 aromatic carbocycles. The molecular formula is C43H72O9. The van der Waals surface area contributed by atoms with Gasteiger partial charge in [0.2, 0.25) is 0 Å². The first-order chi connectivity index (χ1) is 25.5. The topological polar surface area (TPSA) is 90.9 Å². The predicted molar refractivity (Wildman–Crippen MR) is 207 cm³/mol. The predicted octanol–water partition coefficient (Wildman–Crippen LogP) is 9.53. The van der Waals surface area contributed by atoms with E-state index < -0.39 is 0 Å². The molecule has 0 saturated carbocycles. The largest absolute Gasteiger partial charge is 0.455 e. The summed E-state index contributed by atoms with van der Waals surface area (Å²) >= 11 is 0. The second kappa shape index (κ2) is 31.3. The fraction of sp³-hybridized carbons (Fsp3) is 0.791. The number of allylic oxidation sites excluding steroid dienone is 3. The van der Waals surface area contributed by atoms with Gasteiger partial charge in [-0.1, -0.05) is 101 Å². The summed E-state index contributed by atoms with van der Waals surface area (Å²) in [6.07, 6.45) is 31.9. The van der Waals surface area contributed by atoms with E-state index in [4.69, 9.17) is 37.9 Å². The van der Waals surface area contributed by atoms with Crippen molar-refractivity contribution in [1.29, 1.82) is 0 Å². The Hall–Kier alpha value is -2.03. The van der Waals surface area contributed by atoms with Gasteiger partial charge in [-0.15, -0.1) is 0 Å². The summed E-state index contributed by atoms with van der Waals surface area (Å²) in [4.78, 5) is 11.9. The molecule has 0 aromatic rings. The number of unbranched alkanes of at least 4 members (excludes halogenated alkanes) is 12. The van der Waals surface area contributed by atoms with E-state index in [1.807, 2.05) is 19.1 Å². The fourth-order valence-electron chi connectivity index (χ4n) is 6.69. The molecule has 2 aliphatic heterocycles. The molecule has 6 atom stereocenters. The van der Waals surface area contributed by atoms with Crippen LogP contribution in [0, 0.1) is 11.8 Å². The highest BCUT2D eigenvalue weighted by Gasteiger charge is 2.36. The lowest BCUT2D eigenvalue weighted by Crippen LogP contribution is -2.34. The minimum Gasteiger partial charge on any atom is -0.455 e. The highest BCUT2D eigenvalue weighted by atomic mass is 16.7. The molecule has 0 spiro atoms. The van der Waals surface area contributed by atoms with E-state index in [9.17, 15) is 4.79 Å². The third-order valence-electron chi connectivity index (χ3n) is 9.59. The van der Waals surface area contributed by atoms with Crippen molar-refractivity contribution < 1.29 is 42.7 Å². The molecule has 9 nitrogen and oxygen atoms in total. The number of carbonyl (C=O) groups excluding carboxylic acids is 1. The van der Waals surface area contributed by atoms with Gasteiger partial charge < -0.3 is 37.9 Å². The van der Waals surface area contributed by atoms with Crippen LogP contribution in [0.4, 0.5) is 0 Å². The van der Waals surface area contributed by atoms with E-state index in [2.05, 4.69) is 37.0 Å². The third-order valence-corrected chi connectivity index (χ3v) is 9.59. The van der Waals surface area contributed by atoms with Crippen LogP contribution in [0.3, 0.4) is 0 Å². The van der Waals surface area contributed by atoms with Gasteiger partial charge in [0.15, 0.2) is 0 Å². The molecule has 1 fully saturated rings. The van der Waals surface area contributed by atoms with E-state index in [0.29, 0.717) is 19.3 Å². The van der Waals surface area contributed by atoms with Crippen molar-refractivity contribution in [2.45, 2.75) is 179 Å². The lowest BCUT2D eigenvalue weighted by atomic mass is 10.0. The molecule has 0 aliphatic carbocycles. The number of ether oxygens (including phenoxy) is 8. The normalized spacial score (nSPS) is 20.7. The number of rotatable bonds is 32. The number of hydrogen-bond acceptors (Lipinski definition) is 9. The van der Waals surface area contributed by atoms with Crippen LogP contribution >= 0.6 is 0 Å². The van der Waals surface area contributed by atoms with E-state index in [1.54, 1.807) is 21.3 Å². The number of cyclic esters (lactones) is 1. The number of methoxy groups -OCH3 is 3. The van der Waals surface area contributed by atoms with Crippen LogP contribution in [0.25, 0.3) is 0 Å². The summed E-state index contributed by atoms with van der Waals surface area (Å²) < 4.78 is 45.3. The second-order valence-corrected chi connectivity index (χ2v) is 14.1. The van der Waals surface area contributed by atoms with Crippen molar-refractivity contribution in [1.82, 2.24) is 0 Å².